The Hall–Kier alpha value is -0.940. The molecule has 1 N–H and O–H groups in total. The van der Waals surface area contributed by atoms with Gasteiger partial charge in [0.15, 0.2) is 0 Å². The summed E-state index contributed by atoms with van der Waals surface area (Å²) in [4.78, 5) is 2.54. The number of rotatable bonds is 4. The summed E-state index contributed by atoms with van der Waals surface area (Å²) >= 11 is 0. The van der Waals surface area contributed by atoms with E-state index in [1.54, 1.807) is 0 Å². The third-order valence-corrected chi connectivity index (χ3v) is 5.99. The van der Waals surface area contributed by atoms with Crippen LogP contribution in [0.3, 0.4) is 0 Å². The number of hydrogen-bond acceptors (Lipinski definition) is 4. The zero-order chi connectivity index (χ0) is 16.6. The van der Waals surface area contributed by atoms with E-state index in [9.17, 15) is 5.11 Å². The largest absolute Gasteiger partial charge is 0.390 e. The van der Waals surface area contributed by atoms with Gasteiger partial charge in [0.25, 0.3) is 0 Å². The number of nitrogens with zero attached hydrogens (tertiary/aromatic N) is 4. The lowest BCUT2D eigenvalue weighted by Gasteiger charge is -2.43. The summed E-state index contributed by atoms with van der Waals surface area (Å²) < 4.78 is 2.15. The molecule has 0 amide bonds. The van der Waals surface area contributed by atoms with Crippen LogP contribution in [-0.4, -0.2) is 43.0 Å². The monoisotopic (exact) mass is 320 g/mol. The van der Waals surface area contributed by atoms with Crippen LogP contribution in [0.5, 0.6) is 0 Å². The van der Waals surface area contributed by atoms with Crippen LogP contribution in [0.2, 0.25) is 0 Å². The molecule has 2 heterocycles. The van der Waals surface area contributed by atoms with Crippen LogP contribution >= 0.6 is 0 Å². The first-order valence-electron chi connectivity index (χ1n) is 9.24. The van der Waals surface area contributed by atoms with E-state index >= 15 is 0 Å². The van der Waals surface area contributed by atoms with Crippen molar-refractivity contribution in [3.05, 3.63) is 11.6 Å². The lowest BCUT2D eigenvalue weighted by molar-refractivity contribution is -0.0632. The normalized spacial score (nSPS) is 32.8. The first-order valence-corrected chi connectivity index (χ1v) is 9.24. The maximum absolute atomic E-state index is 10.9. The molecule has 0 spiro atoms. The minimum absolute atomic E-state index is 0.398. The average Bonchev–Trinajstić information content (AvgIpc) is 3.07. The predicted molar refractivity (Wildman–Crippen MR) is 91.1 cm³/mol. The Labute approximate surface area is 140 Å². The van der Waals surface area contributed by atoms with Crippen molar-refractivity contribution in [2.24, 2.45) is 13.0 Å². The molecule has 3 unspecified atom stereocenters. The van der Waals surface area contributed by atoms with Gasteiger partial charge in [0.1, 0.15) is 11.6 Å². The molecule has 3 rings (SSSR count). The molecule has 1 aromatic rings. The van der Waals surface area contributed by atoms with Gasteiger partial charge in [-0.2, -0.15) is 0 Å². The van der Waals surface area contributed by atoms with E-state index in [2.05, 4.69) is 40.6 Å². The van der Waals surface area contributed by atoms with Gasteiger partial charge >= 0.3 is 0 Å². The second-order valence-corrected chi connectivity index (χ2v) is 8.08. The van der Waals surface area contributed by atoms with Crippen LogP contribution in [0.1, 0.15) is 76.9 Å². The fraction of sp³-hybridized carbons (Fsp3) is 0.889. The molecule has 1 aliphatic heterocycles. The van der Waals surface area contributed by atoms with Gasteiger partial charge in [-0.1, -0.05) is 26.7 Å². The molecule has 1 saturated carbocycles. The fourth-order valence-electron chi connectivity index (χ4n) is 4.65. The van der Waals surface area contributed by atoms with E-state index in [1.165, 1.54) is 19.3 Å². The van der Waals surface area contributed by atoms with Gasteiger partial charge in [-0.3, -0.25) is 4.90 Å². The van der Waals surface area contributed by atoms with E-state index in [1.807, 2.05) is 6.92 Å². The summed E-state index contributed by atoms with van der Waals surface area (Å²) in [6.45, 7) is 8.33. The summed E-state index contributed by atoms with van der Waals surface area (Å²) in [5.74, 6) is 2.91. The van der Waals surface area contributed by atoms with E-state index in [0.29, 0.717) is 17.9 Å². The van der Waals surface area contributed by atoms with Crippen LogP contribution in [0.25, 0.3) is 0 Å². The zero-order valence-corrected chi connectivity index (χ0v) is 15.1. The zero-order valence-electron chi connectivity index (χ0n) is 15.1. The molecule has 1 aromatic heterocycles. The highest BCUT2D eigenvalue weighted by Gasteiger charge is 2.43. The maximum atomic E-state index is 10.9. The second-order valence-electron chi connectivity index (χ2n) is 8.08. The second kappa shape index (κ2) is 6.52. The van der Waals surface area contributed by atoms with Gasteiger partial charge in [0.05, 0.1) is 12.1 Å². The standard InChI is InChI=1S/C18H32N4O/c1-13(2)17-20-19-16(21(17)4)12-22-11-7-9-15(22)14-8-5-6-10-18(14,3)23/h13-15,23H,5-12H2,1-4H3. The highest BCUT2D eigenvalue weighted by Crippen LogP contribution is 2.41. The topological polar surface area (TPSA) is 54.2 Å². The van der Waals surface area contributed by atoms with E-state index in [4.69, 9.17) is 0 Å². The van der Waals surface area contributed by atoms with Gasteiger partial charge < -0.3 is 9.67 Å². The molecular formula is C18H32N4O. The van der Waals surface area contributed by atoms with Crippen molar-refractivity contribution in [2.75, 3.05) is 6.54 Å². The lowest BCUT2D eigenvalue weighted by atomic mass is 9.72. The summed E-state index contributed by atoms with van der Waals surface area (Å²) in [5.41, 5.74) is -0.505. The molecule has 5 nitrogen and oxygen atoms in total. The lowest BCUT2D eigenvalue weighted by Crippen LogP contribution is -2.48. The predicted octanol–water partition coefficient (Wildman–Crippen LogP) is 2.84. The number of hydrogen-bond donors (Lipinski definition) is 1. The van der Waals surface area contributed by atoms with Crippen LogP contribution in [0, 0.1) is 5.92 Å². The Morgan fingerprint density at radius 2 is 2.00 bits per heavy atom. The summed E-state index contributed by atoms with van der Waals surface area (Å²) in [6, 6.07) is 0.490. The Balaban J connectivity index is 1.74. The number of likely N-dealkylation sites (tertiary alicyclic amines) is 1. The Kier molecular flexibility index (Phi) is 4.79. The Morgan fingerprint density at radius 1 is 1.22 bits per heavy atom. The molecule has 130 valence electrons. The molecule has 2 fully saturated rings. The maximum Gasteiger partial charge on any atom is 0.146 e. The van der Waals surface area contributed by atoms with Crippen LogP contribution in [-0.2, 0) is 13.6 Å². The van der Waals surface area contributed by atoms with Crippen molar-refractivity contribution < 1.29 is 5.11 Å². The molecule has 5 heteroatoms. The minimum atomic E-state index is -0.505. The molecule has 3 atom stereocenters. The molecule has 0 bridgehead atoms. The van der Waals surface area contributed by atoms with Crippen molar-refractivity contribution in [1.82, 2.24) is 19.7 Å². The van der Waals surface area contributed by atoms with Gasteiger partial charge in [-0.25, -0.2) is 0 Å². The minimum Gasteiger partial charge on any atom is -0.390 e. The van der Waals surface area contributed by atoms with Gasteiger partial charge in [-0.05, 0) is 39.2 Å². The van der Waals surface area contributed by atoms with Crippen molar-refractivity contribution >= 4 is 0 Å². The fourth-order valence-corrected chi connectivity index (χ4v) is 4.65. The molecule has 1 saturated heterocycles. The highest BCUT2D eigenvalue weighted by atomic mass is 16.3. The molecule has 0 aromatic carbocycles. The summed E-state index contributed by atoms with van der Waals surface area (Å²) in [6.07, 6.45) is 6.96. The summed E-state index contributed by atoms with van der Waals surface area (Å²) in [5, 5.41) is 19.6. The van der Waals surface area contributed by atoms with Crippen LogP contribution in [0.15, 0.2) is 0 Å². The highest BCUT2D eigenvalue weighted by molar-refractivity contribution is 5.02. The third-order valence-electron chi connectivity index (χ3n) is 5.99. The number of aromatic nitrogens is 3. The number of aliphatic hydroxyl groups is 1. The molecule has 0 radical (unpaired) electrons. The molecule has 2 aliphatic rings. The summed E-state index contributed by atoms with van der Waals surface area (Å²) in [7, 11) is 2.08. The quantitative estimate of drug-likeness (QED) is 0.927. The molecule has 23 heavy (non-hydrogen) atoms. The van der Waals surface area contributed by atoms with E-state index < -0.39 is 5.60 Å². The molecule has 1 aliphatic carbocycles. The van der Waals surface area contributed by atoms with E-state index in [-0.39, 0.29) is 0 Å². The average molecular weight is 320 g/mol. The van der Waals surface area contributed by atoms with Crippen LogP contribution in [0.4, 0.5) is 0 Å². The SMILES string of the molecule is CC(C)c1nnc(CN2CCCC2C2CCCCC2(C)O)n1C. The Bertz CT molecular complexity index is 537. The van der Waals surface area contributed by atoms with Crippen molar-refractivity contribution in [3.8, 4) is 0 Å². The smallest absolute Gasteiger partial charge is 0.146 e. The van der Waals surface area contributed by atoms with Crippen molar-refractivity contribution in [3.63, 3.8) is 0 Å². The van der Waals surface area contributed by atoms with Crippen molar-refractivity contribution in [1.29, 1.82) is 0 Å². The van der Waals surface area contributed by atoms with Gasteiger partial charge in [-0.15, -0.1) is 10.2 Å². The van der Waals surface area contributed by atoms with Crippen molar-refractivity contribution in [2.45, 2.75) is 83.4 Å². The Morgan fingerprint density at radius 3 is 2.65 bits per heavy atom. The van der Waals surface area contributed by atoms with Crippen LogP contribution < -0.4 is 0 Å². The van der Waals surface area contributed by atoms with Gasteiger partial charge in [0.2, 0.25) is 0 Å². The molecular weight excluding hydrogens is 288 g/mol. The van der Waals surface area contributed by atoms with E-state index in [0.717, 1.165) is 44.0 Å². The first kappa shape index (κ1) is 16.9. The van der Waals surface area contributed by atoms with Gasteiger partial charge in [0, 0.05) is 24.9 Å². The first-order chi connectivity index (χ1) is 10.9. The third kappa shape index (κ3) is 3.31.